The molecular weight excluding hydrogens is 294 g/mol. The summed E-state index contributed by atoms with van der Waals surface area (Å²) in [5, 5.41) is 12.3. The van der Waals surface area contributed by atoms with Crippen LogP contribution in [0.4, 0.5) is 0 Å². The minimum atomic E-state index is -0.324. The first-order valence-electron chi connectivity index (χ1n) is 4.53. The molecule has 1 unspecified atom stereocenters. The van der Waals surface area contributed by atoms with E-state index in [2.05, 4.69) is 27.0 Å². The van der Waals surface area contributed by atoms with Gasteiger partial charge in [0.25, 0.3) is 0 Å². The largest absolute Gasteiger partial charge is 0.393 e. The Bertz CT molecular complexity index is 450. The van der Waals surface area contributed by atoms with Crippen molar-refractivity contribution in [3.05, 3.63) is 27.0 Å². The third-order valence-corrected chi connectivity index (χ3v) is 4.52. The monoisotopic (exact) mass is 303 g/mol. The SMILES string of the molecule is CC(O)Cc1csc(-c2ccc(Br)s2)n1. The molecule has 0 bridgehead atoms. The molecule has 1 atom stereocenters. The van der Waals surface area contributed by atoms with Crippen molar-refractivity contribution >= 4 is 38.6 Å². The molecule has 0 spiro atoms. The van der Waals surface area contributed by atoms with E-state index < -0.39 is 0 Å². The Kier molecular flexibility index (Phi) is 3.56. The van der Waals surface area contributed by atoms with Crippen molar-refractivity contribution in [2.24, 2.45) is 0 Å². The van der Waals surface area contributed by atoms with Crippen LogP contribution in [-0.2, 0) is 6.42 Å². The Balaban J connectivity index is 2.20. The third kappa shape index (κ3) is 2.87. The minimum absolute atomic E-state index is 0.324. The standard InChI is InChI=1S/C10H10BrNOS2/c1-6(13)4-7-5-14-10(12-7)8-2-3-9(11)15-8/h2-3,5-6,13H,4H2,1H3. The fraction of sp³-hybridized carbons (Fsp3) is 0.300. The lowest BCUT2D eigenvalue weighted by molar-refractivity contribution is 0.194. The highest BCUT2D eigenvalue weighted by Gasteiger charge is 2.08. The van der Waals surface area contributed by atoms with Crippen LogP contribution in [0.3, 0.4) is 0 Å². The Labute approximate surface area is 105 Å². The van der Waals surface area contributed by atoms with Crippen LogP contribution in [0.1, 0.15) is 12.6 Å². The number of rotatable bonds is 3. The van der Waals surface area contributed by atoms with Crippen molar-refractivity contribution < 1.29 is 5.11 Å². The summed E-state index contributed by atoms with van der Waals surface area (Å²) in [6.45, 7) is 1.78. The lowest BCUT2D eigenvalue weighted by Crippen LogP contribution is -2.03. The van der Waals surface area contributed by atoms with Gasteiger partial charge in [0.05, 0.1) is 20.5 Å². The van der Waals surface area contributed by atoms with Gasteiger partial charge in [-0.25, -0.2) is 4.98 Å². The maximum absolute atomic E-state index is 9.25. The molecule has 0 aliphatic carbocycles. The average molecular weight is 304 g/mol. The Morgan fingerprint density at radius 1 is 1.53 bits per heavy atom. The molecule has 2 heterocycles. The molecule has 0 aliphatic rings. The van der Waals surface area contributed by atoms with Gasteiger partial charge >= 0.3 is 0 Å². The zero-order chi connectivity index (χ0) is 10.8. The van der Waals surface area contributed by atoms with Gasteiger partial charge in [-0.1, -0.05) is 0 Å². The molecule has 2 rings (SSSR count). The summed E-state index contributed by atoms with van der Waals surface area (Å²) in [6, 6.07) is 4.08. The first-order valence-corrected chi connectivity index (χ1v) is 7.02. The molecule has 0 saturated heterocycles. The normalized spacial score (nSPS) is 13.0. The van der Waals surface area contributed by atoms with E-state index in [1.807, 2.05) is 11.4 Å². The highest BCUT2D eigenvalue weighted by Crippen LogP contribution is 2.33. The van der Waals surface area contributed by atoms with E-state index in [1.165, 1.54) is 4.88 Å². The van der Waals surface area contributed by atoms with E-state index >= 15 is 0 Å². The third-order valence-electron chi connectivity index (χ3n) is 1.84. The van der Waals surface area contributed by atoms with E-state index in [0.29, 0.717) is 6.42 Å². The van der Waals surface area contributed by atoms with Crippen molar-refractivity contribution in [1.29, 1.82) is 0 Å². The van der Waals surface area contributed by atoms with Crippen LogP contribution < -0.4 is 0 Å². The van der Waals surface area contributed by atoms with E-state index in [4.69, 9.17) is 0 Å². The molecule has 0 radical (unpaired) electrons. The van der Waals surface area contributed by atoms with Gasteiger partial charge in [0.2, 0.25) is 0 Å². The number of thiazole rings is 1. The van der Waals surface area contributed by atoms with Crippen molar-refractivity contribution in [1.82, 2.24) is 4.98 Å². The second kappa shape index (κ2) is 4.74. The Morgan fingerprint density at radius 2 is 2.33 bits per heavy atom. The fourth-order valence-corrected chi connectivity index (χ4v) is 3.54. The van der Waals surface area contributed by atoms with Gasteiger partial charge in [0, 0.05) is 11.8 Å². The Morgan fingerprint density at radius 3 is 2.93 bits per heavy atom. The summed E-state index contributed by atoms with van der Waals surface area (Å²) in [5.74, 6) is 0. The molecule has 2 nitrogen and oxygen atoms in total. The van der Waals surface area contributed by atoms with Crippen LogP contribution in [0.25, 0.3) is 9.88 Å². The second-order valence-corrected chi connectivity index (χ2v) is 6.62. The molecule has 0 aromatic carbocycles. The molecule has 0 amide bonds. The van der Waals surface area contributed by atoms with Gasteiger partial charge in [-0.3, -0.25) is 0 Å². The first-order chi connectivity index (χ1) is 7.15. The fourth-order valence-electron chi connectivity index (χ4n) is 1.25. The van der Waals surface area contributed by atoms with E-state index in [0.717, 1.165) is 14.5 Å². The highest BCUT2D eigenvalue weighted by molar-refractivity contribution is 9.11. The van der Waals surface area contributed by atoms with Crippen molar-refractivity contribution in [3.8, 4) is 9.88 Å². The number of thiophene rings is 1. The predicted octanol–water partition coefficient (Wildman–Crippen LogP) is 3.56. The number of halogens is 1. The van der Waals surface area contributed by atoms with Gasteiger partial charge in [-0.2, -0.15) is 0 Å². The smallest absolute Gasteiger partial charge is 0.133 e. The summed E-state index contributed by atoms with van der Waals surface area (Å²) in [5.41, 5.74) is 0.967. The number of nitrogens with zero attached hydrogens (tertiary/aromatic N) is 1. The van der Waals surface area contributed by atoms with Crippen LogP contribution in [0.15, 0.2) is 21.3 Å². The summed E-state index contributed by atoms with van der Waals surface area (Å²) in [6.07, 6.45) is 0.304. The number of aliphatic hydroxyl groups excluding tert-OH is 1. The molecule has 0 saturated carbocycles. The van der Waals surface area contributed by atoms with Crippen LogP contribution in [0.5, 0.6) is 0 Å². The molecule has 2 aromatic rings. The highest BCUT2D eigenvalue weighted by atomic mass is 79.9. The summed E-state index contributed by atoms with van der Waals surface area (Å²) in [7, 11) is 0. The molecule has 80 valence electrons. The van der Waals surface area contributed by atoms with Crippen molar-refractivity contribution in [2.45, 2.75) is 19.4 Å². The molecule has 2 aromatic heterocycles. The maximum Gasteiger partial charge on any atom is 0.133 e. The number of hydrogen-bond donors (Lipinski definition) is 1. The summed E-state index contributed by atoms with van der Waals surface area (Å²) < 4.78 is 1.12. The first kappa shape index (κ1) is 11.3. The van der Waals surface area contributed by atoms with Crippen LogP contribution in [0.2, 0.25) is 0 Å². The number of aliphatic hydroxyl groups is 1. The summed E-state index contributed by atoms with van der Waals surface area (Å²) in [4.78, 5) is 5.65. The van der Waals surface area contributed by atoms with E-state index in [9.17, 15) is 5.11 Å². The van der Waals surface area contributed by atoms with Crippen molar-refractivity contribution in [2.75, 3.05) is 0 Å². The minimum Gasteiger partial charge on any atom is -0.393 e. The molecule has 5 heteroatoms. The van der Waals surface area contributed by atoms with Crippen LogP contribution in [0, 0.1) is 0 Å². The van der Waals surface area contributed by atoms with Crippen LogP contribution >= 0.6 is 38.6 Å². The maximum atomic E-state index is 9.25. The van der Waals surface area contributed by atoms with Gasteiger partial charge < -0.3 is 5.11 Å². The van der Waals surface area contributed by atoms with Gasteiger partial charge in [0.15, 0.2) is 0 Å². The molecular formula is C10H10BrNOS2. The van der Waals surface area contributed by atoms with Gasteiger partial charge in [0.1, 0.15) is 5.01 Å². The quantitative estimate of drug-likeness (QED) is 0.940. The number of aromatic nitrogens is 1. The molecule has 15 heavy (non-hydrogen) atoms. The molecule has 0 aliphatic heterocycles. The van der Waals surface area contributed by atoms with Crippen molar-refractivity contribution in [3.63, 3.8) is 0 Å². The predicted molar refractivity (Wildman–Crippen MR) is 68.5 cm³/mol. The zero-order valence-electron chi connectivity index (χ0n) is 8.11. The van der Waals surface area contributed by atoms with E-state index in [1.54, 1.807) is 29.6 Å². The zero-order valence-corrected chi connectivity index (χ0v) is 11.3. The Hall–Kier alpha value is -0.230. The topological polar surface area (TPSA) is 33.1 Å². The van der Waals surface area contributed by atoms with E-state index in [-0.39, 0.29) is 6.10 Å². The average Bonchev–Trinajstić information content (AvgIpc) is 2.72. The lowest BCUT2D eigenvalue weighted by atomic mass is 10.2. The second-order valence-electron chi connectivity index (χ2n) is 3.30. The van der Waals surface area contributed by atoms with Gasteiger partial charge in [-0.15, -0.1) is 22.7 Å². The molecule has 1 N–H and O–H groups in total. The lowest BCUT2D eigenvalue weighted by Gasteiger charge is -1.98. The summed E-state index contributed by atoms with van der Waals surface area (Å²) >= 11 is 6.73. The van der Waals surface area contributed by atoms with Crippen LogP contribution in [-0.4, -0.2) is 16.2 Å². The molecule has 0 fully saturated rings. The van der Waals surface area contributed by atoms with Gasteiger partial charge in [-0.05, 0) is 35.0 Å². The number of hydrogen-bond acceptors (Lipinski definition) is 4.